The van der Waals surface area contributed by atoms with Gasteiger partial charge in [0.2, 0.25) is 0 Å². The van der Waals surface area contributed by atoms with E-state index in [0.717, 1.165) is 5.69 Å². The minimum atomic E-state index is -0.343. The van der Waals surface area contributed by atoms with Gasteiger partial charge in [-0.2, -0.15) is 0 Å². The summed E-state index contributed by atoms with van der Waals surface area (Å²) in [5, 5.41) is 2.06. The van der Waals surface area contributed by atoms with E-state index in [9.17, 15) is 4.79 Å². The molecule has 1 aromatic heterocycles. The fraction of sp³-hybridized carbons (Fsp3) is 0.312. The Morgan fingerprint density at radius 2 is 2.19 bits per heavy atom. The molecule has 0 aliphatic heterocycles. The lowest BCUT2D eigenvalue weighted by atomic mass is 10.1. The van der Waals surface area contributed by atoms with Crippen LogP contribution in [0.3, 0.4) is 0 Å². The van der Waals surface area contributed by atoms with Crippen molar-refractivity contribution in [3.63, 3.8) is 0 Å². The van der Waals surface area contributed by atoms with Crippen LogP contribution in [0.15, 0.2) is 35.7 Å². The number of carbonyl (C=O) groups is 1. The molecule has 0 aliphatic rings. The highest BCUT2D eigenvalue weighted by molar-refractivity contribution is 7.10. The van der Waals surface area contributed by atoms with Crippen LogP contribution in [0.25, 0.3) is 0 Å². The Balaban J connectivity index is 2.22. The van der Waals surface area contributed by atoms with Gasteiger partial charge in [0.25, 0.3) is 0 Å². The van der Waals surface area contributed by atoms with E-state index in [4.69, 9.17) is 10.5 Å². The zero-order valence-corrected chi connectivity index (χ0v) is 13.3. The van der Waals surface area contributed by atoms with Crippen molar-refractivity contribution in [2.24, 2.45) is 0 Å². The summed E-state index contributed by atoms with van der Waals surface area (Å²) in [4.78, 5) is 15.1. The van der Waals surface area contributed by atoms with Gasteiger partial charge in [-0.1, -0.05) is 6.07 Å². The topological polar surface area (TPSA) is 55.6 Å². The molecule has 1 heterocycles. The molecule has 1 atom stereocenters. The summed E-state index contributed by atoms with van der Waals surface area (Å²) in [5.41, 5.74) is 8.06. The average molecular weight is 304 g/mol. The van der Waals surface area contributed by atoms with E-state index in [1.54, 1.807) is 30.4 Å². The maximum atomic E-state index is 11.7. The Morgan fingerprint density at radius 1 is 1.43 bits per heavy atom. The number of nitrogens with two attached hydrogens (primary N) is 1. The number of hydrogen-bond acceptors (Lipinski definition) is 5. The van der Waals surface area contributed by atoms with Gasteiger partial charge < -0.3 is 15.4 Å². The Kier molecular flexibility index (Phi) is 4.85. The number of anilines is 2. The van der Waals surface area contributed by atoms with Crippen LogP contribution in [0.1, 0.15) is 35.1 Å². The normalized spacial score (nSPS) is 12.0. The SMILES string of the molecule is CCOC(=O)c1ccc(N(C)C(C)c2cccs2)c(N)c1. The van der Waals surface area contributed by atoms with Crippen LogP contribution in [-0.2, 0) is 4.74 Å². The molecule has 112 valence electrons. The maximum absolute atomic E-state index is 11.7. The van der Waals surface area contributed by atoms with E-state index in [1.807, 2.05) is 19.2 Å². The minimum absolute atomic E-state index is 0.223. The van der Waals surface area contributed by atoms with Crippen molar-refractivity contribution in [2.75, 3.05) is 24.3 Å². The quantitative estimate of drug-likeness (QED) is 0.676. The third-order valence-corrected chi connectivity index (χ3v) is 4.50. The highest BCUT2D eigenvalue weighted by atomic mass is 32.1. The minimum Gasteiger partial charge on any atom is -0.462 e. The molecule has 0 fully saturated rings. The fourth-order valence-electron chi connectivity index (χ4n) is 2.15. The van der Waals surface area contributed by atoms with Gasteiger partial charge in [-0.25, -0.2) is 4.79 Å². The van der Waals surface area contributed by atoms with Crippen molar-refractivity contribution in [3.8, 4) is 0 Å². The van der Waals surface area contributed by atoms with Crippen LogP contribution >= 0.6 is 11.3 Å². The van der Waals surface area contributed by atoms with Crippen molar-refractivity contribution in [1.29, 1.82) is 0 Å². The van der Waals surface area contributed by atoms with Gasteiger partial charge in [-0.15, -0.1) is 11.3 Å². The Morgan fingerprint density at radius 3 is 2.76 bits per heavy atom. The molecular formula is C16H20N2O2S. The van der Waals surface area contributed by atoms with Crippen molar-refractivity contribution in [2.45, 2.75) is 19.9 Å². The molecule has 21 heavy (non-hydrogen) atoms. The molecule has 5 heteroatoms. The maximum Gasteiger partial charge on any atom is 0.338 e. The van der Waals surface area contributed by atoms with E-state index < -0.39 is 0 Å². The second kappa shape index (κ2) is 6.63. The van der Waals surface area contributed by atoms with Gasteiger partial charge in [-0.3, -0.25) is 0 Å². The molecule has 0 spiro atoms. The highest BCUT2D eigenvalue weighted by Gasteiger charge is 2.17. The third-order valence-electron chi connectivity index (χ3n) is 3.45. The summed E-state index contributed by atoms with van der Waals surface area (Å²) in [6.07, 6.45) is 0. The van der Waals surface area contributed by atoms with Crippen LogP contribution in [0.4, 0.5) is 11.4 Å². The number of benzene rings is 1. The summed E-state index contributed by atoms with van der Waals surface area (Å²) in [5.74, 6) is -0.343. The van der Waals surface area contributed by atoms with Gasteiger partial charge in [0.05, 0.1) is 29.6 Å². The number of carbonyl (C=O) groups excluding carboxylic acids is 1. The first kappa shape index (κ1) is 15.4. The van der Waals surface area contributed by atoms with E-state index in [-0.39, 0.29) is 12.0 Å². The largest absolute Gasteiger partial charge is 0.462 e. The van der Waals surface area contributed by atoms with E-state index in [2.05, 4.69) is 23.3 Å². The Labute approximate surface area is 129 Å². The first-order valence-electron chi connectivity index (χ1n) is 6.87. The molecule has 0 aliphatic carbocycles. The van der Waals surface area contributed by atoms with Gasteiger partial charge in [-0.05, 0) is 43.5 Å². The molecule has 0 saturated heterocycles. The van der Waals surface area contributed by atoms with Crippen molar-refractivity contribution >= 4 is 28.7 Å². The molecule has 2 N–H and O–H groups in total. The Hall–Kier alpha value is -2.01. The molecule has 2 aromatic rings. The number of rotatable bonds is 5. The standard InChI is InChI=1S/C16H20N2O2S/c1-4-20-16(19)12-7-8-14(13(17)10-12)18(3)11(2)15-6-5-9-21-15/h5-11H,4,17H2,1-3H3. The molecule has 0 saturated carbocycles. The first-order valence-corrected chi connectivity index (χ1v) is 7.75. The smallest absolute Gasteiger partial charge is 0.338 e. The average Bonchev–Trinajstić information content (AvgIpc) is 3.00. The molecule has 0 amide bonds. The fourth-order valence-corrected chi connectivity index (χ4v) is 2.97. The van der Waals surface area contributed by atoms with Gasteiger partial charge in [0.1, 0.15) is 0 Å². The number of hydrogen-bond donors (Lipinski definition) is 1. The second-order valence-electron chi connectivity index (χ2n) is 4.80. The monoisotopic (exact) mass is 304 g/mol. The van der Waals surface area contributed by atoms with Gasteiger partial charge in [0.15, 0.2) is 0 Å². The van der Waals surface area contributed by atoms with E-state index >= 15 is 0 Å². The molecular weight excluding hydrogens is 284 g/mol. The second-order valence-corrected chi connectivity index (χ2v) is 5.78. The lowest BCUT2D eigenvalue weighted by Crippen LogP contribution is -2.22. The zero-order valence-electron chi connectivity index (χ0n) is 12.5. The number of nitrogen functional groups attached to an aromatic ring is 1. The Bertz CT molecular complexity index is 611. The van der Waals surface area contributed by atoms with Crippen LogP contribution in [-0.4, -0.2) is 19.6 Å². The summed E-state index contributed by atoms with van der Waals surface area (Å²) in [6.45, 7) is 4.27. The van der Waals surface area contributed by atoms with Crippen molar-refractivity contribution < 1.29 is 9.53 Å². The third kappa shape index (κ3) is 3.36. The highest BCUT2D eigenvalue weighted by Crippen LogP contribution is 2.32. The summed E-state index contributed by atoms with van der Waals surface area (Å²) in [7, 11) is 2.00. The summed E-state index contributed by atoms with van der Waals surface area (Å²) >= 11 is 1.72. The van der Waals surface area contributed by atoms with E-state index in [0.29, 0.717) is 17.9 Å². The lowest BCUT2D eigenvalue weighted by molar-refractivity contribution is 0.0526. The number of ether oxygens (including phenoxy) is 1. The zero-order chi connectivity index (χ0) is 15.4. The van der Waals surface area contributed by atoms with Gasteiger partial charge >= 0.3 is 5.97 Å². The first-order chi connectivity index (χ1) is 10.0. The molecule has 1 unspecified atom stereocenters. The van der Waals surface area contributed by atoms with Crippen LogP contribution < -0.4 is 10.6 Å². The summed E-state index contributed by atoms with van der Waals surface area (Å²) in [6, 6.07) is 9.66. The molecule has 2 rings (SSSR count). The number of esters is 1. The van der Waals surface area contributed by atoms with Gasteiger partial charge in [0, 0.05) is 11.9 Å². The predicted molar refractivity (Wildman–Crippen MR) is 87.9 cm³/mol. The summed E-state index contributed by atoms with van der Waals surface area (Å²) < 4.78 is 4.98. The van der Waals surface area contributed by atoms with Crippen molar-refractivity contribution in [1.82, 2.24) is 0 Å². The molecule has 4 nitrogen and oxygen atoms in total. The molecule has 1 aromatic carbocycles. The van der Waals surface area contributed by atoms with E-state index in [1.165, 1.54) is 4.88 Å². The van der Waals surface area contributed by atoms with Crippen LogP contribution in [0.2, 0.25) is 0 Å². The van der Waals surface area contributed by atoms with Crippen LogP contribution in [0.5, 0.6) is 0 Å². The lowest BCUT2D eigenvalue weighted by Gasteiger charge is -2.27. The molecule has 0 bridgehead atoms. The van der Waals surface area contributed by atoms with Crippen molar-refractivity contribution in [3.05, 3.63) is 46.2 Å². The van der Waals surface area contributed by atoms with Crippen LogP contribution in [0, 0.1) is 0 Å². The molecule has 0 radical (unpaired) electrons. The predicted octanol–water partition coefficient (Wildman–Crippen LogP) is 3.70. The number of thiophene rings is 1. The number of nitrogens with zero attached hydrogens (tertiary/aromatic N) is 1.